The Balaban J connectivity index is 0.000000456. The first-order valence-corrected chi connectivity index (χ1v) is 11.9. The number of ether oxygens (including phenoxy) is 3. The summed E-state index contributed by atoms with van der Waals surface area (Å²) < 4.78 is 15.7. The zero-order chi connectivity index (χ0) is 24.2. The Morgan fingerprint density at radius 1 is 0.812 bits per heavy atom. The maximum absolute atomic E-state index is 5.54. The van der Waals surface area contributed by atoms with E-state index in [1.54, 1.807) is 7.11 Å². The largest absolute Gasteiger partial charge is 0.497 e. The number of methoxy groups -OCH3 is 1. The summed E-state index contributed by atoms with van der Waals surface area (Å²) in [5.74, 6) is 1.88. The maximum Gasteiger partial charge on any atom is 0.122 e. The molecular formula is C29H44O3. The van der Waals surface area contributed by atoms with E-state index in [9.17, 15) is 0 Å². The Bertz CT molecular complexity index is 823. The van der Waals surface area contributed by atoms with Gasteiger partial charge >= 0.3 is 0 Å². The van der Waals surface area contributed by atoms with E-state index in [2.05, 4.69) is 45.9 Å². The van der Waals surface area contributed by atoms with E-state index < -0.39 is 0 Å². The third-order valence-electron chi connectivity index (χ3n) is 3.88. The molecule has 1 fully saturated rings. The van der Waals surface area contributed by atoms with E-state index in [1.165, 1.54) is 29.2 Å². The molecule has 0 aromatic heterocycles. The molecule has 1 saturated heterocycles. The van der Waals surface area contributed by atoms with Gasteiger partial charge in [-0.15, -0.1) is 0 Å². The van der Waals surface area contributed by atoms with Crippen molar-refractivity contribution >= 4 is 10.8 Å². The summed E-state index contributed by atoms with van der Waals surface area (Å²) in [7, 11) is 1.68. The van der Waals surface area contributed by atoms with Gasteiger partial charge in [-0.05, 0) is 41.5 Å². The van der Waals surface area contributed by atoms with Gasteiger partial charge in [0, 0.05) is 0 Å². The molecule has 4 rings (SSSR count). The third kappa shape index (κ3) is 13.0. The van der Waals surface area contributed by atoms with Gasteiger partial charge in [0.05, 0.1) is 13.7 Å². The van der Waals surface area contributed by atoms with Crippen LogP contribution in [0.1, 0.15) is 59.9 Å². The highest BCUT2D eigenvalue weighted by atomic mass is 16.6. The standard InChI is InChI=1S/C11H10O.C10H12O2.2C3H8.C2H6/c1-12-11-7-6-9-4-2-3-5-10(9)8-11;1-8-4-2-3-5-10(8)12-7-9-6-11-9;2*1-3-2;1-2/h2-8H,1H3;2-5,9H,6-7H2,1H3;2*3H2,1-2H3;1-2H3. The molecule has 3 heteroatoms. The van der Waals surface area contributed by atoms with E-state index in [1.807, 2.05) is 69.3 Å². The van der Waals surface area contributed by atoms with Gasteiger partial charge in [0.25, 0.3) is 0 Å². The second-order valence-corrected chi connectivity index (χ2v) is 7.16. The summed E-state index contributed by atoms with van der Waals surface area (Å²) in [6.07, 6.45) is 2.84. The molecule has 3 aromatic rings. The fraction of sp³-hybridized carbons (Fsp3) is 0.448. The van der Waals surface area contributed by atoms with E-state index >= 15 is 0 Å². The van der Waals surface area contributed by atoms with Crippen LogP contribution in [0.15, 0.2) is 66.7 Å². The highest BCUT2D eigenvalue weighted by Crippen LogP contribution is 2.20. The zero-order valence-electron chi connectivity index (χ0n) is 21.5. The van der Waals surface area contributed by atoms with Gasteiger partial charge in [-0.1, -0.05) is 103 Å². The Labute approximate surface area is 196 Å². The highest BCUT2D eigenvalue weighted by molar-refractivity contribution is 5.83. The smallest absolute Gasteiger partial charge is 0.122 e. The quantitative estimate of drug-likeness (QED) is 0.381. The van der Waals surface area contributed by atoms with Crippen LogP contribution in [0, 0.1) is 6.92 Å². The number of rotatable bonds is 4. The molecule has 1 heterocycles. The van der Waals surface area contributed by atoms with Gasteiger partial charge in [0.15, 0.2) is 0 Å². The van der Waals surface area contributed by atoms with Gasteiger partial charge in [-0.3, -0.25) is 0 Å². The molecule has 0 radical (unpaired) electrons. The first kappa shape index (κ1) is 29.5. The van der Waals surface area contributed by atoms with Crippen molar-refractivity contribution in [2.45, 2.75) is 67.4 Å². The lowest BCUT2D eigenvalue weighted by atomic mass is 10.1. The van der Waals surface area contributed by atoms with Crippen molar-refractivity contribution in [2.75, 3.05) is 20.3 Å². The number of hydrogen-bond donors (Lipinski definition) is 0. The number of para-hydroxylation sites is 1. The first-order valence-electron chi connectivity index (χ1n) is 11.9. The van der Waals surface area contributed by atoms with Crippen molar-refractivity contribution in [3.05, 3.63) is 72.3 Å². The van der Waals surface area contributed by atoms with Crippen molar-refractivity contribution in [2.24, 2.45) is 0 Å². The van der Waals surface area contributed by atoms with Crippen LogP contribution in [-0.2, 0) is 4.74 Å². The molecule has 0 saturated carbocycles. The average molecular weight is 441 g/mol. The van der Waals surface area contributed by atoms with Crippen molar-refractivity contribution in [1.29, 1.82) is 0 Å². The molecule has 3 nitrogen and oxygen atoms in total. The van der Waals surface area contributed by atoms with Gasteiger partial charge in [0.2, 0.25) is 0 Å². The van der Waals surface area contributed by atoms with Crippen molar-refractivity contribution in [3.63, 3.8) is 0 Å². The summed E-state index contributed by atoms with van der Waals surface area (Å²) >= 11 is 0. The van der Waals surface area contributed by atoms with Crippen LogP contribution < -0.4 is 9.47 Å². The van der Waals surface area contributed by atoms with Crippen molar-refractivity contribution in [1.82, 2.24) is 0 Å². The summed E-state index contributed by atoms with van der Waals surface area (Å²) in [6, 6.07) is 22.3. The average Bonchev–Trinajstić information content (AvgIpc) is 3.66. The SMILES string of the molecule is CC.CCC.CCC.COc1ccc2ccccc2c1.Cc1ccccc1OCC1CO1. The summed E-state index contributed by atoms with van der Waals surface area (Å²) in [5, 5.41) is 2.47. The lowest BCUT2D eigenvalue weighted by Gasteiger charge is -2.06. The van der Waals surface area contributed by atoms with E-state index in [0.29, 0.717) is 12.7 Å². The number of aryl methyl sites for hydroxylation is 1. The predicted octanol–water partition coefficient (Wildman–Crippen LogP) is 8.48. The molecule has 32 heavy (non-hydrogen) atoms. The zero-order valence-corrected chi connectivity index (χ0v) is 21.5. The number of epoxide rings is 1. The Morgan fingerprint density at radius 3 is 1.88 bits per heavy atom. The van der Waals surface area contributed by atoms with Crippen LogP contribution >= 0.6 is 0 Å². The molecule has 3 aromatic carbocycles. The molecule has 1 atom stereocenters. The topological polar surface area (TPSA) is 31.0 Å². The summed E-state index contributed by atoms with van der Waals surface area (Å²) in [5.41, 5.74) is 1.18. The molecule has 0 bridgehead atoms. The minimum Gasteiger partial charge on any atom is -0.497 e. The summed E-state index contributed by atoms with van der Waals surface area (Å²) in [6.45, 7) is 16.1. The monoisotopic (exact) mass is 440 g/mol. The predicted molar refractivity (Wildman–Crippen MR) is 140 cm³/mol. The molecule has 1 aliphatic heterocycles. The molecule has 1 aliphatic rings. The maximum atomic E-state index is 5.54. The summed E-state index contributed by atoms with van der Waals surface area (Å²) in [4.78, 5) is 0. The van der Waals surface area contributed by atoms with E-state index in [4.69, 9.17) is 14.2 Å². The lowest BCUT2D eigenvalue weighted by Crippen LogP contribution is -2.04. The van der Waals surface area contributed by atoms with Gasteiger partial charge < -0.3 is 14.2 Å². The Kier molecular flexibility index (Phi) is 17.7. The normalized spacial score (nSPS) is 12.8. The number of fused-ring (bicyclic) bond motifs is 1. The Morgan fingerprint density at radius 2 is 1.34 bits per heavy atom. The van der Waals surface area contributed by atoms with Crippen LogP contribution in [0.4, 0.5) is 0 Å². The highest BCUT2D eigenvalue weighted by Gasteiger charge is 2.23. The van der Waals surface area contributed by atoms with Gasteiger partial charge in [0.1, 0.15) is 24.2 Å². The van der Waals surface area contributed by atoms with Crippen LogP contribution in [0.2, 0.25) is 0 Å². The minimum absolute atomic E-state index is 0.338. The minimum atomic E-state index is 0.338. The number of hydrogen-bond acceptors (Lipinski definition) is 3. The van der Waals surface area contributed by atoms with Crippen molar-refractivity contribution in [3.8, 4) is 11.5 Å². The fourth-order valence-corrected chi connectivity index (χ4v) is 2.36. The molecule has 1 unspecified atom stereocenters. The van der Waals surface area contributed by atoms with Crippen LogP contribution in [0.3, 0.4) is 0 Å². The molecular weight excluding hydrogens is 396 g/mol. The first-order chi connectivity index (χ1) is 15.6. The molecule has 0 amide bonds. The van der Waals surface area contributed by atoms with Gasteiger partial charge in [-0.2, -0.15) is 0 Å². The van der Waals surface area contributed by atoms with Crippen LogP contribution in [0.5, 0.6) is 11.5 Å². The fourth-order valence-electron chi connectivity index (χ4n) is 2.36. The molecule has 0 aliphatic carbocycles. The number of benzene rings is 3. The van der Waals surface area contributed by atoms with Crippen molar-refractivity contribution < 1.29 is 14.2 Å². The second-order valence-electron chi connectivity index (χ2n) is 7.16. The van der Waals surface area contributed by atoms with E-state index in [0.717, 1.165) is 18.1 Å². The van der Waals surface area contributed by atoms with E-state index in [-0.39, 0.29) is 0 Å². The lowest BCUT2D eigenvalue weighted by molar-refractivity contribution is 0.262. The molecule has 178 valence electrons. The molecule has 0 spiro atoms. The molecule has 0 N–H and O–H groups in total. The van der Waals surface area contributed by atoms with Crippen LogP contribution in [0.25, 0.3) is 10.8 Å². The van der Waals surface area contributed by atoms with Gasteiger partial charge in [-0.25, -0.2) is 0 Å². The third-order valence-corrected chi connectivity index (χ3v) is 3.88. The second kappa shape index (κ2) is 19.2. The Hall–Kier alpha value is -2.52. The van der Waals surface area contributed by atoms with Crippen LogP contribution in [-0.4, -0.2) is 26.4 Å².